The van der Waals surface area contributed by atoms with Crippen LogP contribution in [-0.2, 0) is 5.88 Å². The second-order valence-electron chi connectivity index (χ2n) is 5.76. The van der Waals surface area contributed by atoms with Gasteiger partial charge < -0.3 is 4.90 Å². The number of pyridine rings is 1. The van der Waals surface area contributed by atoms with Crippen molar-refractivity contribution in [1.82, 2.24) is 4.98 Å². The van der Waals surface area contributed by atoms with Crippen LogP contribution >= 0.6 is 11.6 Å². The summed E-state index contributed by atoms with van der Waals surface area (Å²) in [6.45, 7) is 11.0. The number of hydrogen-bond donors (Lipinski definition) is 0. The molecule has 0 aliphatic carbocycles. The molecule has 2 nitrogen and oxygen atoms in total. The van der Waals surface area contributed by atoms with Crippen molar-refractivity contribution in [3.63, 3.8) is 0 Å². The first-order chi connectivity index (χ1) is 8.52. The molecule has 2 heterocycles. The van der Waals surface area contributed by atoms with Crippen LogP contribution in [0.3, 0.4) is 0 Å². The Kier molecular flexibility index (Phi) is 4.16. The molecule has 100 valence electrons. The highest BCUT2D eigenvalue weighted by Gasteiger charge is 2.27. The fraction of sp³-hybridized carbons (Fsp3) is 0.667. The average molecular weight is 267 g/mol. The number of aryl methyl sites for hydroxylation is 2. The van der Waals surface area contributed by atoms with Gasteiger partial charge in [-0.2, -0.15) is 0 Å². The first kappa shape index (κ1) is 13.7. The van der Waals surface area contributed by atoms with Crippen molar-refractivity contribution < 1.29 is 0 Å². The van der Waals surface area contributed by atoms with Crippen molar-refractivity contribution >= 4 is 17.4 Å². The lowest BCUT2D eigenvalue weighted by atomic mass is 9.95. The molecule has 2 rings (SSSR count). The molecular formula is C15H23ClN2. The number of halogens is 1. The summed E-state index contributed by atoms with van der Waals surface area (Å²) in [5.74, 6) is 3.21. The van der Waals surface area contributed by atoms with Gasteiger partial charge in [0.25, 0.3) is 0 Å². The molecule has 1 atom stereocenters. The van der Waals surface area contributed by atoms with E-state index in [4.69, 9.17) is 16.6 Å². The molecule has 1 aliphatic rings. The molecule has 0 bridgehead atoms. The Labute approximate surface area is 115 Å². The van der Waals surface area contributed by atoms with Gasteiger partial charge in [0, 0.05) is 24.3 Å². The molecule has 0 spiro atoms. The Hall–Kier alpha value is -0.760. The Balaban J connectivity index is 2.29. The second kappa shape index (κ2) is 5.48. The smallest absolute Gasteiger partial charge is 0.133 e. The van der Waals surface area contributed by atoms with Gasteiger partial charge in [0.15, 0.2) is 0 Å². The van der Waals surface area contributed by atoms with Crippen LogP contribution in [0.2, 0.25) is 0 Å². The van der Waals surface area contributed by atoms with Crippen LogP contribution in [0.1, 0.15) is 37.1 Å². The molecule has 0 N–H and O–H groups in total. The maximum atomic E-state index is 6.10. The molecule has 1 saturated heterocycles. The lowest BCUT2D eigenvalue weighted by Gasteiger charge is -2.23. The van der Waals surface area contributed by atoms with Crippen LogP contribution in [0.25, 0.3) is 0 Å². The number of rotatable bonds is 3. The van der Waals surface area contributed by atoms with Gasteiger partial charge in [-0.25, -0.2) is 4.98 Å². The molecule has 0 saturated carbocycles. The van der Waals surface area contributed by atoms with E-state index in [1.54, 1.807) is 0 Å². The Bertz CT molecular complexity index is 429. The van der Waals surface area contributed by atoms with E-state index in [0.29, 0.717) is 5.88 Å². The van der Waals surface area contributed by atoms with Gasteiger partial charge in [-0.3, -0.25) is 0 Å². The van der Waals surface area contributed by atoms with Crippen molar-refractivity contribution in [2.45, 2.75) is 40.0 Å². The molecule has 1 unspecified atom stereocenters. The average Bonchev–Trinajstić information content (AvgIpc) is 2.77. The van der Waals surface area contributed by atoms with Crippen LogP contribution in [0.4, 0.5) is 5.82 Å². The quantitative estimate of drug-likeness (QED) is 0.771. The lowest BCUT2D eigenvalue weighted by molar-refractivity contribution is 0.422. The van der Waals surface area contributed by atoms with E-state index in [1.165, 1.54) is 17.5 Å². The summed E-state index contributed by atoms with van der Waals surface area (Å²) in [5.41, 5.74) is 3.55. The molecule has 1 aromatic heterocycles. The van der Waals surface area contributed by atoms with E-state index in [-0.39, 0.29) is 0 Å². The zero-order valence-electron chi connectivity index (χ0n) is 11.8. The van der Waals surface area contributed by atoms with Gasteiger partial charge >= 0.3 is 0 Å². The van der Waals surface area contributed by atoms with Gasteiger partial charge in [-0.05, 0) is 43.7 Å². The topological polar surface area (TPSA) is 16.1 Å². The highest BCUT2D eigenvalue weighted by atomic mass is 35.5. The zero-order chi connectivity index (χ0) is 13.3. The molecule has 18 heavy (non-hydrogen) atoms. The fourth-order valence-corrected chi connectivity index (χ4v) is 3.12. The minimum absolute atomic E-state index is 0.553. The Morgan fingerprint density at radius 3 is 2.72 bits per heavy atom. The lowest BCUT2D eigenvalue weighted by Crippen LogP contribution is -2.24. The van der Waals surface area contributed by atoms with E-state index in [9.17, 15) is 0 Å². The fourth-order valence-electron chi connectivity index (χ4n) is 2.79. The van der Waals surface area contributed by atoms with Crippen molar-refractivity contribution in [2.24, 2.45) is 11.8 Å². The summed E-state index contributed by atoms with van der Waals surface area (Å²) in [6, 6.07) is 2.12. The summed E-state index contributed by atoms with van der Waals surface area (Å²) in [4.78, 5) is 7.14. The van der Waals surface area contributed by atoms with Crippen molar-refractivity contribution in [1.29, 1.82) is 0 Å². The molecule has 3 heteroatoms. The van der Waals surface area contributed by atoms with E-state index in [2.05, 4.69) is 38.7 Å². The molecule has 1 fully saturated rings. The maximum absolute atomic E-state index is 6.10. The molecule has 1 aliphatic heterocycles. The maximum Gasteiger partial charge on any atom is 0.133 e. The standard InChI is InChI=1S/C15H23ClN2/c1-10(2)13-5-6-18(9-13)15-14(8-16)11(3)7-12(4)17-15/h7,10,13H,5-6,8-9H2,1-4H3. The van der Waals surface area contributed by atoms with E-state index in [1.807, 2.05) is 0 Å². The minimum atomic E-state index is 0.553. The predicted octanol–water partition coefficient (Wildman–Crippen LogP) is 3.92. The summed E-state index contributed by atoms with van der Waals surface area (Å²) < 4.78 is 0. The Morgan fingerprint density at radius 1 is 1.44 bits per heavy atom. The van der Waals surface area contributed by atoms with E-state index >= 15 is 0 Å². The van der Waals surface area contributed by atoms with E-state index < -0.39 is 0 Å². The number of aromatic nitrogens is 1. The van der Waals surface area contributed by atoms with Crippen LogP contribution in [-0.4, -0.2) is 18.1 Å². The number of nitrogens with zero attached hydrogens (tertiary/aromatic N) is 2. The first-order valence-electron chi connectivity index (χ1n) is 6.81. The number of anilines is 1. The second-order valence-corrected chi connectivity index (χ2v) is 6.02. The molecule has 1 aromatic rings. The Morgan fingerprint density at radius 2 is 2.17 bits per heavy atom. The van der Waals surface area contributed by atoms with Gasteiger partial charge in [-0.15, -0.1) is 11.6 Å². The monoisotopic (exact) mass is 266 g/mol. The minimum Gasteiger partial charge on any atom is -0.356 e. The van der Waals surface area contributed by atoms with Gasteiger partial charge in [-0.1, -0.05) is 13.8 Å². The summed E-state index contributed by atoms with van der Waals surface area (Å²) in [5, 5.41) is 0. The normalized spacial score (nSPS) is 19.9. The van der Waals surface area contributed by atoms with Crippen LogP contribution in [0.15, 0.2) is 6.07 Å². The van der Waals surface area contributed by atoms with Gasteiger partial charge in [0.2, 0.25) is 0 Å². The first-order valence-corrected chi connectivity index (χ1v) is 7.34. The third-order valence-electron chi connectivity index (χ3n) is 4.05. The third kappa shape index (κ3) is 2.64. The molecule has 0 radical (unpaired) electrons. The van der Waals surface area contributed by atoms with Crippen LogP contribution < -0.4 is 4.90 Å². The number of alkyl halides is 1. The van der Waals surface area contributed by atoms with Crippen LogP contribution in [0, 0.1) is 25.7 Å². The van der Waals surface area contributed by atoms with Gasteiger partial charge in [0.1, 0.15) is 5.82 Å². The molecular weight excluding hydrogens is 244 g/mol. The van der Waals surface area contributed by atoms with Crippen molar-refractivity contribution in [2.75, 3.05) is 18.0 Å². The predicted molar refractivity (Wildman–Crippen MR) is 78.4 cm³/mol. The summed E-state index contributed by atoms with van der Waals surface area (Å²) in [6.07, 6.45) is 1.27. The van der Waals surface area contributed by atoms with E-state index in [0.717, 1.165) is 36.4 Å². The molecule has 0 aromatic carbocycles. The van der Waals surface area contributed by atoms with Crippen molar-refractivity contribution in [3.8, 4) is 0 Å². The van der Waals surface area contributed by atoms with Crippen molar-refractivity contribution in [3.05, 3.63) is 22.9 Å². The highest BCUT2D eigenvalue weighted by molar-refractivity contribution is 6.17. The third-order valence-corrected chi connectivity index (χ3v) is 4.32. The summed E-state index contributed by atoms with van der Waals surface area (Å²) >= 11 is 6.10. The largest absolute Gasteiger partial charge is 0.356 e. The zero-order valence-corrected chi connectivity index (χ0v) is 12.6. The number of hydrogen-bond acceptors (Lipinski definition) is 2. The summed E-state index contributed by atoms with van der Waals surface area (Å²) in [7, 11) is 0. The molecule has 0 amide bonds. The van der Waals surface area contributed by atoms with Crippen LogP contribution in [0.5, 0.6) is 0 Å². The van der Waals surface area contributed by atoms with Gasteiger partial charge in [0.05, 0.1) is 5.88 Å². The highest BCUT2D eigenvalue weighted by Crippen LogP contribution is 2.31. The SMILES string of the molecule is Cc1cc(C)c(CCl)c(N2CCC(C(C)C)C2)n1.